The summed E-state index contributed by atoms with van der Waals surface area (Å²) in [5.41, 5.74) is -0.777. The maximum absolute atomic E-state index is 13.0. The van der Waals surface area contributed by atoms with Gasteiger partial charge in [0, 0.05) is 5.02 Å². The standard InChI is InChI=1S/C17H15ClF3NO3/c1-24-14-6-3-10(7-15(14)25-2)8-16(23)22-13-5-4-11(18)9-12(13)17(19,20)21/h3-7,9H,8H2,1-2H3,(H,22,23). The van der Waals surface area contributed by atoms with E-state index in [0.717, 1.165) is 12.1 Å². The fraction of sp³-hybridized carbons (Fsp3) is 0.235. The molecule has 2 rings (SSSR count). The summed E-state index contributed by atoms with van der Waals surface area (Å²) in [5.74, 6) is 0.319. The fourth-order valence-electron chi connectivity index (χ4n) is 2.23. The van der Waals surface area contributed by atoms with E-state index in [0.29, 0.717) is 17.1 Å². The smallest absolute Gasteiger partial charge is 0.418 e. The molecular weight excluding hydrogens is 359 g/mol. The molecule has 1 N–H and O–H groups in total. The summed E-state index contributed by atoms with van der Waals surface area (Å²) in [6.07, 6.45) is -4.75. The van der Waals surface area contributed by atoms with Crippen LogP contribution in [-0.4, -0.2) is 20.1 Å². The third-order valence-corrected chi connectivity index (χ3v) is 3.61. The Balaban J connectivity index is 2.19. The van der Waals surface area contributed by atoms with Gasteiger partial charge in [-0.15, -0.1) is 0 Å². The number of hydrogen-bond acceptors (Lipinski definition) is 3. The van der Waals surface area contributed by atoms with Crippen LogP contribution in [-0.2, 0) is 17.4 Å². The maximum atomic E-state index is 13.0. The van der Waals surface area contributed by atoms with Crippen molar-refractivity contribution >= 4 is 23.2 Å². The number of amides is 1. The largest absolute Gasteiger partial charge is 0.493 e. The molecule has 0 radical (unpaired) electrons. The van der Waals surface area contributed by atoms with Crippen LogP contribution in [0.25, 0.3) is 0 Å². The monoisotopic (exact) mass is 373 g/mol. The summed E-state index contributed by atoms with van der Waals surface area (Å²) < 4.78 is 49.4. The lowest BCUT2D eigenvalue weighted by Gasteiger charge is -2.14. The van der Waals surface area contributed by atoms with Crippen molar-refractivity contribution in [2.24, 2.45) is 0 Å². The number of carbonyl (C=O) groups excluding carboxylic acids is 1. The summed E-state index contributed by atoms with van der Waals surface area (Å²) in [4.78, 5) is 12.1. The molecule has 0 heterocycles. The van der Waals surface area contributed by atoms with Crippen molar-refractivity contribution in [3.8, 4) is 11.5 Å². The Kier molecular flexibility index (Phi) is 5.79. The Hall–Kier alpha value is -2.41. The predicted octanol–water partition coefficient (Wildman–Crippen LogP) is 4.56. The second-order valence-electron chi connectivity index (χ2n) is 5.10. The Morgan fingerprint density at radius 1 is 1.08 bits per heavy atom. The molecule has 0 aliphatic carbocycles. The van der Waals surface area contributed by atoms with Gasteiger partial charge in [0.25, 0.3) is 0 Å². The molecule has 0 atom stereocenters. The zero-order valence-corrected chi connectivity index (χ0v) is 14.2. The molecule has 2 aromatic carbocycles. The van der Waals surface area contributed by atoms with Crippen LogP contribution in [0, 0.1) is 0 Å². The van der Waals surface area contributed by atoms with Crippen LogP contribution in [0.3, 0.4) is 0 Å². The lowest BCUT2D eigenvalue weighted by atomic mass is 10.1. The van der Waals surface area contributed by atoms with E-state index in [1.807, 2.05) is 0 Å². The molecule has 2 aromatic rings. The minimum Gasteiger partial charge on any atom is -0.493 e. The van der Waals surface area contributed by atoms with Gasteiger partial charge >= 0.3 is 6.18 Å². The molecule has 0 aromatic heterocycles. The first-order valence-electron chi connectivity index (χ1n) is 7.12. The van der Waals surface area contributed by atoms with Crippen molar-refractivity contribution in [2.45, 2.75) is 12.6 Å². The minimum atomic E-state index is -4.63. The lowest BCUT2D eigenvalue weighted by molar-refractivity contribution is -0.137. The molecule has 4 nitrogen and oxygen atoms in total. The highest BCUT2D eigenvalue weighted by molar-refractivity contribution is 6.30. The van der Waals surface area contributed by atoms with Crippen molar-refractivity contribution in [1.82, 2.24) is 0 Å². The Labute approximate surface area is 147 Å². The van der Waals surface area contributed by atoms with Crippen molar-refractivity contribution in [1.29, 1.82) is 0 Å². The van der Waals surface area contributed by atoms with E-state index in [1.165, 1.54) is 20.3 Å². The van der Waals surface area contributed by atoms with Crippen LogP contribution in [0.2, 0.25) is 5.02 Å². The Bertz CT molecular complexity index is 778. The van der Waals surface area contributed by atoms with E-state index in [2.05, 4.69) is 5.32 Å². The van der Waals surface area contributed by atoms with E-state index in [9.17, 15) is 18.0 Å². The van der Waals surface area contributed by atoms with Gasteiger partial charge < -0.3 is 14.8 Å². The van der Waals surface area contributed by atoms with Gasteiger partial charge in [-0.25, -0.2) is 0 Å². The average molecular weight is 374 g/mol. The second-order valence-corrected chi connectivity index (χ2v) is 5.54. The van der Waals surface area contributed by atoms with Crippen LogP contribution < -0.4 is 14.8 Å². The Morgan fingerprint density at radius 2 is 1.76 bits per heavy atom. The van der Waals surface area contributed by atoms with Gasteiger partial charge in [-0.2, -0.15) is 13.2 Å². The fourth-order valence-corrected chi connectivity index (χ4v) is 2.40. The molecule has 134 valence electrons. The molecule has 0 bridgehead atoms. The molecule has 0 saturated carbocycles. The van der Waals surface area contributed by atoms with Crippen LogP contribution in [0.15, 0.2) is 36.4 Å². The molecule has 0 aliphatic rings. The van der Waals surface area contributed by atoms with Gasteiger partial charge in [0.2, 0.25) is 5.91 Å². The topological polar surface area (TPSA) is 47.6 Å². The van der Waals surface area contributed by atoms with Gasteiger partial charge in [0.1, 0.15) is 0 Å². The molecule has 0 aliphatic heterocycles. The first-order chi connectivity index (χ1) is 11.7. The lowest BCUT2D eigenvalue weighted by Crippen LogP contribution is -2.18. The van der Waals surface area contributed by atoms with E-state index in [-0.39, 0.29) is 17.1 Å². The molecule has 0 fully saturated rings. The number of anilines is 1. The molecule has 25 heavy (non-hydrogen) atoms. The van der Waals surface area contributed by atoms with Crippen molar-refractivity contribution in [2.75, 3.05) is 19.5 Å². The third kappa shape index (κ3) is 4.79. The normalized spacial score (nSPS) is 11.1. The molecule has 1 amide bonds. The van der Waals surface area contributed by atoms with E-state index in [1.54, 1.807) is 18.2 Å². The van der Waals surface area contributed by atoms with Gasteiger partial charge in [-0.3, -0.25) is 4.79 Å². The highest BCUT2D eigenvalue weighted by atomic mass is 35.5. The van der Waals surface area contributed by atoms with Crippen LogP contribution >= 0.6 is 11.6 Å². The predicted molar refractivity (Wildman–Crippen MR) is 88.3 cm³/mol. The average Bonchev–Trinajstić information content (AvgIpc) is 2.55. The highest BCUT2D eigenvalue weighted by Crippen LogP contribution is 2.36. The number of carbonyl (C=O) groups is 1. The van der Waals surface area contributed by atoms with E-state index in [4.69, 9.17) is 21.1 Å². The van der Waals surface area contributed by atoms with Crippen molar-refractivity contribution in [3.05, 3.63) is 52.5 Å². The third-order valence-electron chi connectivity index (χ3n) is 3.37. The maximum Gasteiger partial charge on any atom is 0.418 e. The zero-order valence-electron chi connectivity index (χ0n) is 13.4. The number of methoxy groups -OCH3 is 2. The number of hydrogen-bond donors (Lipinski definition) is 1. The first kappa shape index (κ1) is 18.9. The molecule has 8 heteroatoms. The molecular formula is C17H15ClF3NO3. The van der Waals surface area contributed by atoms with E-state index >= 15 is 0 Å². The number of ether oxygens (including phenoxy) is 2. The van der Waals surface area contributed by atoms with Crippen molar-refractivity contribution in [3.63, 3.8) is 0 Å². The summed E-state index contributed by atoms with van der Waals surface area (Å²) >= 11 is 5.61. The SMILES string of the molecule is COc1ccc(CC(=O)Nc2ccc(Cl)cc2C(F)(F)F)cc1OC. The number of nitrogens with one attached hydrogen (secondary N) is 1. The van der Waals surface area contributed by atoms with Crippen LogP contribution in [0.5, 0.6) is 11.5 Å². The quantitative estimate of drug-likeness (QED) is 0.836. The zero-order chi connectivity index (χ0) is 18.6. The summed E-state index contributed by atoms with van der Waals surface area (Å²) in [7, 11) is 2.93. The minimum absolute atomic E-state index is 0.0646. The molecule has 0 unspecified atom stereocenters. The molecule has 0 spiro atoms. The molecule has 0 saturated heterocycles. The number of alkyl halides is 3. The summed E-state index contributed by atoms with van der Waals surface area (Å²) in [6.45, 7) is 0. The van der Waals surface area contributed by atoms with Crippen LogP contribution in [0.1, 0.15) is 11.1 Å². The number of rotatable bonds is 5. The van der Waals surface area contributed by atoms with Gasteiger partial charge in [-0.05, 0) is 35.9 Å². The summed E-state index contributed by atoms with van der Waals surface area (Å²) in [6, 6.07) is 8.01. The number of benzene rings is 2. The summed E-state index contributed by atoms with van der Waals surface area (Å²) in [5, 5.41) is 2.20. The number of halogens is 4. The first-order valence-corrected chi connectivity index (χ1v) is 7.50. The van der Waals surface area contributed by atoms with E-state index < -0.39 is 17.6 Å². The van der Waals surface area contributed by atoms with Gasteiger partial charge in [-0.1, -0.05) is 17.7 Å². The second kappa shape index (κ2) is 7.65. The van der Waals surface area contributed by atoms with Gasteiger partial charge in [0.15, 0.2) is 11.5 Å². The van der Waals surface area contributed by atoms with Crippen LogP contribution in [0.4, 0.5) is 18.9 Å². The highest BCUT2D eigenvalue weighted by Gasteiger charge is 2.34. The Morgan fingerprint density at radius 3 is 2.36 bits per heavy atom. The van der Waals surface area contributed by atoms with Gasteiger partial charge in [0.05, 0.1) is 31.9 Å². The van der Waals surface area contributed by atoms with Crippen molar-refractivity contribution < 1.29 is 27.4 Å².